The highest BCUT2D eigenvalue weighted by atomic mass is 16.4. The van der Waals surface area contributed by atoms with E-state index in [9.17, 15) is 4.79 Å². The van der Waals surface area contributed by atoms with Crippen LogP contribution >= 0.6 is 0 Å². The van der Waals surface area contributed by atoms with Crippen molar-refractivity contribution in [1.82, 2.24) is 9.78 Å². The van der Waals surface area contributed by atoms with Crippen LogP contribution in [-0.4, -0.2) is 27.4 Å². The SMILES string of the molecule is C=C(CNc1cn(C)nc1C)C(=O)O. The Balaban J connectivity index is 2.58. The van der Waals surface area contributed by atoms with E-state index in [1.807, 2.05) is 14.0 Å². The lowest BCUT2D eigenvalue weighted by atomic mass is 10.3. The number of anilines is 1. The second-order valence-electron chi connectivity index (χ2n) is 3.06. The van der Waals surface area contributed by atoms with Crippen molar-refractivity contribution in [1.29, 1.82) is 0 Å². The van der Waals surface area contributed by atoms with E-state index < -0.39 is 5.97 Å². The molecule has 0 amide bonds. The number of carboxylic acid groups (broad SMARTS) is 1. The van der Waals surface area contributed by atoms with Gasteiger partial charge in [-0.05, 0) is 6.92 Å². The molecule has 5 nitrogen and oxygen atoms in total. The van der Waals surface area contributed by atoms with Crippen LogP contribution in [-0.2, 0) is 11.8 Å². The van der Waals surface area contributed by atoms with Crippen molar-refractivity contribution < 1.29 is 9.90 Å². The van der Waals surface area contributed by atoms with Gasteiger partial charge in [-0.3, -0.25) is 4.68 Å². The van der Waals surface area contributed by atoms with Crippen LogP contribution < -0.4 is 5.32 Å². The number of hydrogen-bond acceptors (Lipinski definition) is 3. The largest absolute Gasteiger partial charge is 0.478 e. The lowest BCUT2D eigenvalue weighted by molar-refractivity contribution is -0.132. The molecule has 1 rings (SSSR count). The summed E-state index contributed by atoms with van der Waals surface area (Å²) in [5.41, 5.74) is 1.80. The summed E-state index contributed by atoms with van der Waals surface area (Å²) in [7, 11) is 1.81. The van der Waals surface area contributed by atoms with E-state index in [0.717, 1.165) is 11.4 Å². The lowest BCUT2D eigenvalue weighted by Crippen LogP contribution is -2.11. The van der Waals surface area contributed by atoms with Crippen LogP contribution in [0.15, 0.2) is 18.3 Å². The molecule has 14 heavy (non-hydrogen) atoms. The Kier molecular flexibility index (Phi) is 2.91. The van der Waals surface area contributed by atoms with Gasteiger partial charge >= 0.3 is 5.97 Å². The van der Waals surface area contributed by atoms with Gasteiger partial charge < -0.3 is 10.4 Å². The van der Waals surface area contributed by atoms with Gasteiger partial charge in [0.05, 0.1) is 11.4 Å². The van der Waals surface area contributed by atoms with Crippen molar-refractivity contribution in [3.05, 3.63) is 24.0 Å². The van der Waals surface area contributed by atoms with Crippen molar-refractivity contribution in [3.8, 4) is 0 Å². The molecule has 0 atom stereocenters. The second kappa shape index (κ2) is 3.95. The summed E-state index contributed by atoms with van der Waals surface area (Å²) in [5.74, 6) is -0.987. The van der Waals surface area contributed by atoms with Gasteiger partial charge in [0.25, 0.3) is 0 Å². The number of aryl methyl sites for hydroxylation is 2. The van der Waals surface area contributed by atoms with Crippen LogP contribution in [0.3, 0.4) is 0 Å². The van der Waals surface area contributed by atoms with E-state index in [0.29, 0.717) is 0 Å². The molecular formula is C9H13N3O2. The summed E-state index contributed by atoms with van der Waals surface area (Å²) in [5, 5.41) is 15.6. The molecule has 0 aliphatic heterocycles. The monoisotopic (exact) mass is 195 g/mol. The molecule has 0 saturated heterocycles. The van der Waals surface area contributed by atoms with E-state index in [-0.39, 0.29) is 12.1 Å². The van der Waals surface area contributed by atoms with Gasteiger partial charge in [-0.2, -0.15) is 5.10 Å². The fourth-order valence-electron chi connectivity index (χ4n) is 1.05. The molecule has 1 heterocycles. The molecule has 0 aliphatic rings. The number of aliphatic carboxylic acids is 1. The quantitative estimate of drug-likeness (QED) is 0.697. The Labute approximate surface area is 82.0 Å². The van der Waals surface area contributed by atoms with Gasteiger partial charge in [-0.25, -0.2) is 4.79 Å². The Morgan fingerprint density at radius 1 is 1.79 bits per heavy atom. The summed E-state index contributed by atoms with van der Waals surface area (Å²) in [6, 6.07) is 0. The van der Waals surface area contributed by atoms with E-state index in [2.05, 4.69) is 17.0 Å². The van der Waals surface area contributed by atoms with E-state index in [1.54, 1.807) is 10.9 Å². The number of carboxylic acids is 1. The minimum absolute atomic E-state index is 0.133. The standard InChI is InChI=1S/C9H13N3O2/c1-6(9(13)14)4-10-8-5-12(3)11-7(8)2/h5,10H,1,4H2,2-3H3,(H,13,14). The number of aromatic nitrogens is 2. The maximum absolute atomic E-state index is 10.5. The first-order valence-corrected chi connectivity index (χ1v) is 4.16. The summed E-state index contributed by atoms with van der Waals surface area (Å²) in [4.78, 5) is 10.5. The van der Waals surface area contributed by atoms with E-state index >= 15 is 0 Å². The van der Waals surface area contributed by atoms with Gasteiger partial charge in [0.2, 0.25) is 0 Å². The Morgan fingerprint density at radius 3 is 2.86 bits per heavy atom. The number of nitrogens with one attached hydrogen (secondary N) is 1. The summed E-state index contributed by atoms with van der Waals surface area (Å²) >= 11 is 0. The molecule has 0 spiro atoms. The van der Waals surface area contributed by atoms with Crippen molar-refractivity contribution >= 4 is 11.7 Å². The molecular weight excluding hydrogens is 182 g/mol. The first-order valence-electron chi connectivity index (χ1n) is 4.16. The first kappa shape index (κ1) is 10.3. The molecule has 0 radical (unpaired) electrons. The second-order valence-corrected chi connectivity index (χ2v) is 3.06. The Bertz CT molecular complexity index is 368. The maximum Gasteiger partial charge on any atom is 0.332 e. The zero-order valence-corrected chi connectivity index (χ0v) is 8.24. The van der Waals surface area contributed by atoms with Crippen molar-refractivity contribution in [2.24, 2.45) is 7.05 Å². The third-order valence-corrected chi connectivity index (χ3v) is 1.81. The highest BCUT2D eigenvalue weighted by Gasteiger charge is 2.06. The normalized spacial score (nSPS) is 9.86. The van der Waals surface area contributed by atoms with E-state index in [1.165, 1.54) is 0 Å². The lowest BCUT2D eigenvalue weighted by Gasteiger charge is -2.03. The average Bonchev–Trinajstić information content (AvgIpc) is 2.40. The fraction of sp³-hybridized carbons (Fsp3) is 0.333. The van der Waals surface area contributed by atoms with E-state index in [4.69, 9.17) is 5.11 Å². The maximum atomic E-state index is 10.5. The molecule has 0 saturated carbocycles. The summed E-state index contributed by atoms with van der Waals surface area (Å²) in [6.45, 7) is 5.49. The summed E-state index contributed by atoms with van der Waals surface area (Å²) in [6.07, 6.45) is 1.80. The number of carbonyl (C=O) groups is 1. The molecule has 0 aromatic carbocycles. The van der Waals surface area contributed by atoms with Crippen LogP contribution in [0.25, 0.3) is 0 Å². The summed E-state index contributed by atoms with van der Waals surface area (Å²) < 4.78 is 1.67. The topological polar surface area (TPSA) is 67.2 Å². The fourth-order valence-corrected chi connectivity index (χ4v) is 1.05. The molecule has 0 fully saturated rings. The molecule has 1 aromatic heterocycles. The van der Waals surface area contributed by atoms with Crippen LogP contribution in [0.5, 0.6) is 0 Å². The van der Waals surface area contributed by atoms with Gasteiger partial charge in [0, 0.05) is 25.4 Å². The number of rotatable bonds is 4. The van der Waals surface area contributed by atoms with Crippen LogP contribution in [0.2, 0.25) is 0 Å². The predicted molar refractivity (Wildman–Crippen MR) is 53.2 cm³/mol. The molecule has 1 aromatic rings. The van der Waals surface area contributed by atoms with Crippen LogP contribution in [0, 0.1) is 6.92 Å². The number of hydrogen-bond donors (Lipinski definition) is 2. The highest BCUT2D eigenvalue weighted by molar-refractivity contribution is 5.86. The van der Waals surface area contributed by atoms with Gasteiger partial charge in [-0.15, -0.1) is 0 Å². The van der Waals surface area contributed by atoms with Gasteiger partial charge in [0.15, 0.2) is 0 Å². The van der Waals surface area contributed by atoms with Crippen LogP contribution in [0.1, 0.15) is 5.69 Å². The highest BCUT2D eigenvalue weighted by Crippen LogP contribution is 2.11. The van der Waals surface area contributed by atoms with Crippen molar-refractivity contribution in [2.75, 3.05) is 11.9 Å². The Morgan fingerprint density at radius 2 is 2.43 bits per heavy atom. The van der Waals surface area contributed by atoms with Gasteiger partial charge in [0.1, 0.15) is 0 Å². The molecule has 5 heteroatoms. The van der Waals surface area contributed by atoms with Crippen LogP contribution in [0.4, 0.5) is 5.69 Å². The van der Waals surface area contributed by atoms with Gasteiger partial charge in [-0.1, -0.05) is 6.58 Å². The Hall–Kier alpha value is -1.78. The predicted octanol–water partition coefficient (Wildman–Crippen LogP) is 0.781. The average molecular weight is 195 g/mol. The molecule has 0 unspecified atom stereocenters. The number of nitrogens with zero attached hydrogens (tertiary/aromatic N) is 2. The zero-order chi connectivity index (χ0) is 10.7. The third kappa shape index (κ3) is 2.35. The minimum atomic E-state index is -0.987. The third-order valence-electron chi connectivity index (χ3n) is 1.81. The van der Waals surface area contributed by atoms with Crippen molar-refractivity contribution in [3.63, 3.8) is 0 Å². The smallest absolute Gasteiger partial charge is 0.332 e. The first-order chi connectivity index (χ1) is 6.50. The zero-order valence-electron chi connectivity index (χ0n) is 8.24. The van der Waals surface area contributed by atoms with Crippen molar-refractivity contribution in [2.45, 2.75) is 6.92 Å². The minimum Gasteiger partial charge on any atom is -0.478 e. The molecule has 0 bridgehead atoms. The molecule has 0 aliphatic carbocycles. The molecule has 76 valence electrons. The molecule has 2 N–H and O–H groups in total.